The van der Waals surface area contributed by atoms with Gasteiger partial charge in [-0.05, 0) is 17.7 Å². The third-order valence-electron chi connectivity index (χ3n) is 3.69. The summed E-state index contributed by atoms with van der Waals surface area (Å²) < 4.78 is 5.39. The number of ether oxygens (including phenoxy) is 1. The van der Waals surface area contributed by atoms with Crippen LogP contribution in [0.5, 0.6) is 0 Å². The molecule has 0 saturated carbocycles. The molecule has 8 heteroatoms. The van der Waals surface area contributed by atoms with Gasteiger partial charge in [-0.25, -0.2) is 15.0 Å². The standard InChI is InChI=1S/C15H13ClN6O/c16-15-20-12-5-10(11-6-17-9-18-7-11)8-19-13(12)14(21-15)22-1-3-23-4-2-22/h5-9H,1-4H2. The molecule has 1 aliphatic rings. The van der Waals surface area contributed by atoms with Crippen molar-refractivity contribution in [3.05, 3.63) is 36.3 Å². The van der Waals surface area contributed by atoms with Gasteiger partial charge in [-0.15, -0.1) is 0 Å². The Morgan fingerprint density at radius 2 is 1.78 bits per heavy atom. The van der Waals surface area contributed by atoms with E-state index in [0.29, 0.717) is 18.7 Å². The number of hydrogen-bond donors (Lipinski definition) is 0. The Labute approximate surface area is 137 Å². The fourth-order valence-corrected chi connectivity index (χ4v) is 2.75. The van der Waals surface area contributed by atoms with Gasteiger partial charge in [-0.1, -0.05) is 0 Å². The molecular formula is C15H13ClN6O. The Bertz CT molecular complexity index is 838. The molecule has 1 aliphatic heterocycles. The highest BCUT2D eigenvalue weighted by molar-refractivity contribution is 6.28. The summed E-state index contributed by atoms with van der Waals surface area (Å²) in [4.78, 5) is 23.4. The lowest BCUT2D eigenvalue weighted by Crippen LogP contribution is -2.37. The maximum Gasteiger partial charge on any atom is 0.225 e. The predicted octanol–water partition coefficient (Wildman–Crippen LogP) is 1.97. The third-order valence-corrected chi connectivity index (χ3v) is 3.86. The van der Waals surface area contributed by atoms with E-state index in [1.807, 2.05) is 6.07 Å². The lowest BCUT2D eigenvalue weighted by molar-refractivity contribution is 0.122. The minimum atomic E-state index is 0.210. The Morgan fingerprint density at radius 1 is 1.00 bits per heavy atom. The molecule has 0 unspecified atom stereocenters. The zero-order valence-corrected chi connectivity index (χ0v) is 12.9. The molecule has 0 radical (unpaired) electrons. The van der Waals surface area contributed by atoms with Crippen LogP contribution in [-0.4, -0.2) is 51.2 Å². The largest absolute Gasteiger partial charge is 0.378 e. The van der Waals surface area contributed by atoms with E-state index in [9.17, 15) is 0 Å². The maximum atomic E-state index is 6.11. The van der Waals surface area contributed by atoms with E-state index in [4.69, 9.17) is 16.3 Å². The highest BCUT2D eigenvalue weighted by Gasteiger charge is 2.18. The van der Waals surface area contributed by atoms with Crippen LogP contribution in [0.4, 0.5) is 5.82 Å². The van der Waals surface area contributed by atoms with Crippen molar-refractivity contribution >= 4 is 28.5 Å². The average Bonchev–Trinajstić information content (AvgIpc) is 2.62. The molecule has 4 heterocycles. The summed E-state index contributed by atoms with van der Waals surface area (Å²) in [7, 11) is 0. The first kappa shape index (κ1) is 14.2. The smallest absolute Gasteiger partial charge is 0.225 e. The minimum Gasteiger partial charge on any atom is -0.378 e. The van der Waals surface area contributed by atoms with E-state index in [1.165, 1.54) is 6.33 Å². The summed E-state index contributed by atoms with van der Waals surface area (Å²) in [6.07, 6.45) is 6.75. The van der Waals surface area contributed by atoms with Crippen molar-refractivity contribution in [3.8, 4) is 11.1 Å². The van der Waals surface area contributed by atoms with Gasteiger partial charge in [-0.3, -0.25) is 4.98 Å². The van der Waals surface area contributed by atoms with Crippen molar-refractivity contribution in [1.82, 2.24) is 24.9 Å². The molecule has 116 valence electrons. The Kier molecular flexibility index (Phi) is 3.72. The van der Waals surface area contributed by atoms with Gasteiger partial charge in [-0.2, -0.15) is 4.98 Å². The van der Waals surface area contributed by atoms with Gasteiger partial charge >= 0.3 is 0 Å². The maximum absolute atomic E-state index is 6.11. The summed E-state index contributed by atoms with van der Waals surface area (Å²) in [6.45, 7) is 2.86. The van der Waals surface area contributed by atoms with Crippen molar-refractivity contribution in [2.45, 2.75) is 0 Å². The quantitative estimate of drug-likeness (QED) is 0.665. The number of aromatic nitrogens is 5. The van der Waals surface area contributed by atoms with Gasteiger partial charge in [0.25, 0.3) is 0 Å². The molecule has 0 spiro atoms. The number of pyridine rings is 1. The lowest BCUT2D eigenvalue weighted by Gasteiger charge is -2.28. The highest BCUT2D eigenvalue weighted by Crippen LogP contribution is 2.27. The van der Waals surface area contributed by atoms with Crippen molar-refractivity contribution < 1.29 is 4.74 Å². The summed E-state index contributed by atoms with van der Waals surface area (Å²) in [6, 6.07) is 1.93. The molecule has 23 heavy (non-hydrogen) atoms. The van der Waals surface area contributed by atoms with E-state index in [2.05, 4.69) is 29.8 Å². The predicted molar refractivity (Wildman–Crippen MR) is 86.4 cm³/mol. The van der Waals surface area contributed by atoms with Crippen molar-refractivity contribution in [2.24, 2.45) is 0 Å². The Balaban J connectivity index is 1.83. The van der Waals surface area contributed by atoms with Crippen molar-refractivity contribution in [1.29, 1.82) is 0 Å². The highest BCUT2D eigenvalue weighted by atomic mass is 35.5. The van der Waals surface area contributed by atoms with Crippen LogP contribution in [0, 0.1) is 0 Å². The SMILES string of the molecule is Clc1nc(N2CCOCC2)c2ncc(-c3cncnc3)cc2n1. The second-order valence-electron chi connectivity index (χ2n) is 5.13. The molecular weight excluding hydrogens is 316 g/mol. The van der Waals surface area contributed by atoms with Gasteiger partial charge in [0.05, 0.1) is 18.7 Å². The number of anilines is 1. The molecule has 0 aromatic carbocycles. The number of nitrogens with zero attached hydrogens (tertiary/aromatic N) is 6. The molecule has 0 bridgehead atoms. The second kappa shape index (κ2) is 6.02. The normalized spacial score (nSPS) is 15.1. The first-order valence-corrected chi connectivity index (χ1v) is 7.60. The van der Waals surface area contributed by atoms with E-state index in [0.717, 1.165) is 35.6 Å². The van der Waals surface area contributed by atoms with Crippen LogP contribution in [0.3, 0.4) is 0 Å². The van der Waals surface area contributed by atoms with Crippen LogP contribution < -0.4 is 4.90 Å². The first-order valence-electron chi connectivity index (χ1n) is 7.22. The molecule has 7 nitrogen and oxygen atoms in total. The van der Waals surface area contributed by atoms with E-state index in [1.54, 1.807) is 18.6 Å². The molecule has 0 amide bonds. The summed E-state index contributed by atoms with van der Waals surface area (Å²) in [5, 5.41) is 0.210. The van der Waals surface area contributed by atoms with Gasteiger partial charge in [0, 0.05) is 42.8 Å². The Hall–Kier alpha value is -2.38. The molecule has 0 aliphatic carbocycles. The fourth-order valence-electron chi connectivity index (χ4n) is 2.58. The van der Waals surface area contributed by atoms with E-state index in [-0.39, 0.29) is 5.28 Å². The number of rotatable bonds is 2. The van der Waals surface area contributed by atoms with Gasteiger partial charge < -0.3 is 9.64 Å². The molecule has 0 atom stereocenters. The molecule has 0 N–H and O–H groups in total. The molecule has 1 saturated heterocycles. The van der Waals surface area contributed by atoms with Crippen LogP contribution in [0.1, 0.15) is 0 Å². The number of fused-ring (bicyclic) bond motifs is 1. The van der Waals surface area contributed by atoms with E-state index >= 15 is 0 Å². The van der Waals surface area contributed by atoms with Gasteiger partial charge in [0.1, 0.15) is 11.8 Å². The van der Waals surface area contributed by atoms with E-state index < -0.39 is 0 Å². The van der Waals surface area contributed by atoms with Crippen LogP contribution in [0.25, 0.3) is 22.2 Å². The number of morpholine rings is 1. The van der Waals surface area contributed by atoms with Crippen molar-refractivity contribution in [2.75, 3.05) is 31.2 Å². The zero-order valence-electron chi connectivity index (χ0n) is 12.2. The van der Waals surface area contributed by atoms with Crippen LogP contribution in [0.2, 0.25) is 5.28 Å². The molecule has 1 fully saturated rings. The summed E-state index contributed by atoms with van der Waals surface area (Å²) in [5.41, 5.74) is 3.20. The summed E-state index contributed by atoms with van der Waals surface area (Å²) in [5.74, 6) is 0.749. The number of halogens is 1. The van der Waals surface area contributed by atoms with Crippen LogP contribution in [-0.2, 0) is 4.74 Å². The van der Waals surface area contributed by atoms with Crippen molar-refractivity contribution in [3.63, 3.8) is 0 Å². The average molecular weight is 329 g/mol. The monoisotopic (exact) mass is 328 g/mol. The third kappa shape index (κ3) is 2.80. The fraction of sp³-hybridized carbons (Fsp3) is 0.267. The molecule has 3 aromatic heterocycles. The zero-order chi connectivity index (χ0) is 15.6. The molecule has 3 aromatic rings. The topological polar surface area (TPSA) is 76.9 Å². The second-order valence-corrected chi connectivity index (χ2v) is 5.47. The van der Waals surface area contributed by atoms with Crippen LogP contribution >= 0.6 is 11.6 Å². The first-order chi connectivity index (χ1) is 11.3. The minimum absolute atomic E-state index is 0.210. The number of hydrogen-bond acceptors (Lipinski definition) is 7. The van der Waals surface area contributed by atoms with Crippen LogP contribution in [0.15, 0.2) is 31.0 Å². The van der Waals surface area contributed by atoms with Gasteiger partial charge in [0.2, 0.25) is 5.28 Å². The summed E-state index contributed by atoms with van der Waals surface area (Å²) >= 11 is 6.11. The Morgan fingerprint density at radius 3 is 2.57 bits per heavy atom. The molecule has 4 rings (SSSR count). The van der Waals surface area contributed by atoms with Gasteiger partial charge in [0.15, 0.2) is 5.82 Å². The lowest BCUT2D eigenvalue weighted by atomic mass is 10.1.